The Labute approximate surface area is 131 Å². The molecule has 0 aliphatic carbocycles. The Morgan fingerprint density at radius 1 is 1.04 bits per heavy atom. The number of benzene rings is 2. The van der Waals surface area contributed by atoms with Gasteiger partial charge in [0.2, 0.25) is 0 Å². The van der Waals surface area contributed by atoms with Gasteiger partial charge in [-0.3, -0.25) is 0 Å². The predicted octanol–water partition coefficient (Wildman–Crippen LogP) is 4.60. The summed E-state index contributed by atoms with van der Waals surface area (Å²) in [6.07, 6.45) is -4.64. The van der Waals surface area contributed by atoms with Crippen molar-refractivity contribution in [2.75, 3.05) is 7.11 Å². The maximum absolute atomic E-state index is 12.3. The van der Waals surface area contributed by atoms with Crippen molar-refractivity contribution in [2.24, 2.45) is 0 Å². The standard InChI is InChI=1S/C17H15F3O3/c1-3-11-12(13-7-4-5-10-15(13)22-2)8-6-9-14(11)16(21)23-17(18,19)20/h4-10H,3H2,1-2H3. The van der Waals surface area contributed by atoms with Crippen LogP contribution in [-0.4, -0.2) is 19.4 Å². The Balaban J connectivity index is 2.55. The number of ether oxygens (including phenoxy) is 2. The molecule has 0 heterocycles. The van der Waals surface area contributed by atoms with Crippen LogP contribution in [0.4, 0.5) is 13.2 Å². The van der Waals surface area contributed by atoms with Crippen LogP contribution in [0.15, 0.2) is 42.5 Å². The van der Waals surface area contributed by atoms with Crippen LogP contribution in [0.2, 0.25) is 0 Å². The van der Waals surface area contributed by atoms with Gasteiger partial charge in [0.05, 0.1) is 12.7 Å². The number of hydrogen-bond acceptors (Lipinski definition) is 3. The highest BCUT2D eigenvalue weighted by molar-refractivity contribution is 5.94. The van der Waals surface area contributed by atoms with Gasteiger partial charge in [0.15, 0.2) is 0 Å². The second-order valence-corrected chi connectivity index (χ2v) is 4.72. The molecule has 0 unspecified atom stereocenters. The van der Waals surface area contributed by atoms with Crippen molar-refractivity contribution < 1.29 is 27.4 Å². The minimum atomic E-state index is -5.01. The van der Waals surface area contributed by atoms with E-state index in [9.17, 15) is 18.0 Å². The van der Waals surface area contributed by atoms with Crippen LogP contribution >= 0.6 is 0 Å². The van der Waals surface area contributed by atoms with E-state index in [2.05, 4.69) is 4.74 Å². The number of halogens is 3. The zero-order valence-electron chi connectivity index (χ0n) is 12.6. The van der Waals surface area contributed by atoms with E-state index in [4.69, 9.17) is 4.74 Å². The molecular formula is C17H15F3O3. The first-order valence-electron chi connectivity index (χ1n) is 6.92. The van der Waals surface area contributed by atoms with Gasteiger partial charge in [-0.15, -0.1) is 13.2 Å². The largest absolute Gasteiger partial charge is 0.575 e. The lowest BCUT2D eigenvalue weighted by atomic mass is 9.93. The maximum atomic E-state index is 12.3. The first kappa shape index (κ1) is 16.9. The molecule has 0 atom stereocenters. The summed E-state index contributed by atoms with van der Waals surface area (Å²) in [6.45, 7) is 1.76. The van der Waals surface area contributed by atoms with E-state index in [1.807, 2.05) is 0 Å². The molecule has 2 aromatic carbocycles. The number of carbonyl (C=O) groups excluding carboxylic acids is 1. The third-order valence-corrected chi connectivity index (χ3v) is 3.36. The second-order valence-electron chi connectivity index (χ2n) is 4.72. The molecule has 0 fully saturated rings. The number of alkyl halides is 3. The van der Waals surface area contributed by atoms with E-state index in [0.717, 1.165) is 0 Å². The molecule has 2 aromatic rings. The lowest BCUT2D eigenvalue weighted by molar-refractivity contribution is -0.291. The fourth-order valence-electron chi connectivity index (χ4n) is 2.44. The van der Waals surface area contributed by atoms with Crippen LogP contribution in [0.3, 0.4) is 0 Å². The Hall–Kier alpha value is -2.50. The van der Waals surface area contributed by atoms with Gasteiger partial charge in [0, 0.05) is 5.56 Å². The number of rotatable bonds is 4. The Morgan fingerprint density at radius 3 is 2.30 bits per heavy atom. The molecule has 0 aliphatic rings. The SMILES string of the molecule is CCc1c(C(=O)OC(F)(F)F)cccc1-c1ccccc1OC. The van der Waals surface area contributed by atoms with Gasteiger partial charge in [-0.1, -0.05) is 37.3 Å². The molecule has 0 amide bonds. The van der Waals surface area contributed by atoms with Crippen molar-refractivity contribution >= 4 is 5.97 Å². The third-order valence-electron chi connectivity index (χ3n) is 3.36. The third kappa shape index (κ3) is 3.83. The highest BCUT2D eigenvalue weighted by Gasteiger charge is 2.35. The van der Waals surface area contributed by atoms with E-state index in [1.54, 1.807) is 37.3 Å². The highest BCUT2D eigenvalue weighted by Crippen LogP contribution is 2.34. The summed E-state index contributed by atoms with van der Waals surface area (Å²) in [4.78, 5) is 11.8. The molecule has 2 rings (SSSR count). The summed E-state index contributed by atoms with van der Waals surface area (Å²) in [6, 6.07) is 11.7. The van der Waals surface area contributed by atoms with Crippen LogP contribution in [-0.2, 0) is 11.2 Å². The number of esters is 1. The van der Waals surface area contributed by atoms with Crippen molar-refractivity contribution in [1.29, 1.82) is 0 Å². The molecular weight excluding hydrogens is 309 g/mol. The van der Waals surface area contributed by atoms with Gasteiger partial charge in [-0.25, -0.2) is 4.79 Å². The fourth-order valence-corrected chi connectivity index (χ4v) is 2.44. The van der Waals surface area contributed by atoms with Crippen LogP contribution in [0.1, 0.15) is 22.8 Å². The molecule has 0 spiro atoms. The summed E-state index contributed by atoms with van der Waals surface area (Å²) in [5.41, 5.74) is 1.72. The average molecular weight is 324 g/mol. The van der Waals surface area contributed by atoms with Gasteiger partial charge < -0.3 is 9.47 Å². The Kier molecular flexibility index (Phi) is 4.93. The van der Waals surface area contributed by atoms with E-state index >= 15 is 0 Å². The van der Waals surface area contributed by atoms with Crippen molar-refractivity contribution in [3.05, 3.63) is 53.6 Å². The monoisotopic (exact) mass is 324 g/mol. The lowest BCUT2D eigenvalue weighted by Crippen LogP contribution is -2.20. The van der Waals surface area contributed by atoms with Crippen LogP contribution in [0, 0.1) is 0 Å². The Bertz CT molecular complexity index is 708. The number of methoxy groups -OCH3 is 1. The highest BCUT2D eigenvalue weighted by atomic mass is 19.4. The van der Waals surface area contributed by atoms with Gasteiger partial charge in [0.1, 0.15) is 5.75 Å². The molecule has 3 nitrogen and oxygen atoms in total. The van der Waals surface area contributed by atoms with Gasteiger partial charge in [0.25, 0.3) is 0 Å². The molecule has 0 aliphatic heterocycles. The van der Waals surface area contributed by atoms with Crippen molar-refractivity contribution in [2.45, 2.75) is 19.7 Å². The second kappa shape index (κ2) is 6.73. The van der Waals surface area contributed by atoms with E-state index in [-0.39, 0.29) is 5.56 Å². The van der Waals surface area contributed by atoms with Crippen molar-refractivity contribution in [3.8, 4) is 16.9 Å². The fraction of sp³-hybridized carbons (Fsp3) is 0.235. The first-order chi connectivity index (χ1) is 10.9. The first-order valence-corrected chi connectivity index (χ1v) is 6.92. The maximum Gasteiger partial charge on any atom is 0.575 e. The molecule has 0 aromatic heterocycles. The molecule has 0 saturated heterocycles. The lowest BCUT2D eigenvalue weighted by Gasteiger charge is -2.16. The quantitative estimate of drug-likeness (QED) is 0.771. The summed E-state index contributed by atoms with van der Waals surface area (Å²) >= 11 is 0. The Morgan fingerprint density at radius 2 is 1.70 bits per heavy atom. The summed E-state index contributed by atoms with van der Waals surface area (Å²) in [5, 5.41) is 0. The van der Waals surface area contributed by atoms with Crippen molar-refractivity contribution in [3.63, 3.8) is 0 Å². The van der Waals surface area contributed by atoms with E-state index in [0.29, 0.717) is 28.9 Å². The molecule has 0 N–H and O–H groups in total. The zero-order valence-corrected chi connectivity index (χ0v) is 12.6. The molecule has 0 bridgehead atoms. The average Bonchev–Trinajstić information content (AvgIpc) is 2.52. The van der Waals surface area contributed by atoms with Crippen LogP contribution in [0.5, 0.6) is 5.75 Å². The van der Waals surface area contributed by atoms with Crippen LogP contribution < -0.4 is 4.74 Å². The summed E-state index contributed by atoms with van der Waals surface area (Å²) in [7, 11) is 1.51. The predicted molar refractivity (Wildman–Crippen MR) is 79.3 cm³/mol. The normalized spacial score (nSPS) is 11.2. The zero-order chi connectivity index (χ0) is 17.0. The summed E-state index contributed by atoms with van der Waals surface area (Å²) < 4.78 is 45.7. The minimum Gasteiger partial charge on any atom is -0.496 e. The molecule has 0 radical (unpaired) electrons. The molecule has 0 saturated carbocycles. The van der Waals surface area contributed by atoms with Crippen LogP contribution in [0.25, 0.3) is 11.1 Å². The van der Waals surface area contributed by atoms with Crippen molar-refractivity contribution in [1.82, 2.24) is 0 Å². The molecule has 23 heavy (non-hydrogen) atoms. The minimum absolute atomic E-state index is 0.103. The number of carbonyl (C=O) groups is 1. The van der Waals surface area contributed by atoms with E-state index in [1.165, 1.54) is 19.2 Å². The molecule has 6 heteroatoms. The number of hydrogen-bond donors (Lipinski definition) is 0. The smallest absolute Gasteiger partial charge is 0.496 e. The van der Waals surface area contributed by atoms with Gasteiger partial charge in [-0.05, 0) is 29.7 Å². The number of para-hydroxylation sites is 1. The molecule has 122 valence electrons. The topological polar surface area (TPSA) is 35.5 Å². The van der Waals surface area contributed by atoms with E-state index < -0.39 is 12.3 Å². The van der Waals surface area contributed by atoms with Gasteiger partial charge >= 0.3 is 12.3 Å². The van der Waals surface area contributed by atoms with Gasteiger partial charge in [-0.2, -0.15) is 0 Å². The summed E-state index contributed by atoms with van der Waals surface area (Å²) in [5.74, 6) is -0.838.